The van der Waals surface area contributed by atoms with Gasteiger partial charge in [0, 0.05) is 25.0 Å². The van der Waals surface area contributed by atoms with Crippen LogP contribution in [-0.2, 0) is 24.0 Å². The summed E-state index contributed by atoms with van der Waals surface area (Å²) in [5.74, 6) is -1.98. The van der Waals surface area contributed by atoms with Gasteiger partial charge in [0.1, 0.15) is 6.29 Å². The Morgan fingerprint density at radius 3 is 2.44 bits per heavy atom. The normalized spacial score (nSPS) is 14.4. The molecule has 1 heterocycles. The number of aldehydes is 1. The standard InChI is InChI=1S/C10H11NO5/c12-7-3-1-2-4-10(15)16-11-8(13)5-6-9(11)14/h5-7H,1-4H2. The Kier molecular flexibility index (Phi) is 4.38. The lowest BCUT2D eigenvalue weighted by molar-refractivity contribution is -0.196. The summed E-state index contributed by atoms with van der Waals surface area (Å²) in [5, 5.41) is 0.419. The second-order valence-corrected chi connectivity index (χ2v) is 3.18. The van der Waals surface area contributed by atoms with E-state index in [9.17, 15) is 19.2 Å². The number of hydrogen-bond acceptors (Lipinski definition) is 5. The van der Waals surface area contributed by atoms with Gasteiger partial charge >= 0.3 is 5.97 Å². The molecule has 2 amide bonds. The van der Waals surface area contributed by atoms with Gasteiger partial charge in [0.05, 0.1) is 0 Å². The first-order valence-corrected chi connectivity index (χ1v) is 4.85. The maximum atomic E-state index is 11.2. The fraction of sp³-hybridized carbons (Fsp3) is 0.400. The molecule has 0 saturated heterocycles. The molecule has 0 aromatic carbocycles. The molecule has 86 valence electrons. The van der Waals surface area contributed by atoms with Gasteiger partial charge in [-0.15, -0.1) is 0 Å². The Labute approximate surface area is 91.8 Å². The van der Waals surface area contributed by atoms with Gasteiger partial charge in [-0.25, -0.2) is 4.79 Å². The van der Waals surface area contributed by atoms with E-state index in [4.69, 9.17) is 0 Å². The van der Waals surface area contributed by atoms with Gasteiger partial charge in [-0.2, -0.15) is 0 Å². The van der Waals surface area contributed by atoms with Crippen LogP contribution in [0.1, 0.15) is 25.7 Å². The van der Waals surface area contributed by atoms with E-state index in [1.807, 2.05) is 0 Å². The predicted octanol–water partition coefficient (Wildman–Crippen LogP) is 0.129. The number of hydroxylamine groups is 2. The molecule has 0 aromatic rings. The highest BCUT2D eigenvalue weighted by molar-refractivity contribution is 6.12. The monoisotopic (exact) mass is 225 g/mol. The van der Waals surface area contributed by atoms with E-state index in [-0.39, 0.29) is 6.42 Å². The van der Waals surface area contributed by atoms with Crippen LogP contribution in [0.15, 0.2) is 12.2 Å². The molecule has 0 unspecified atom stereocenters. The molecule has 1 rings (SSSR count). The first-order valence-electron chi connectivity index (χ1n) is 4.85. The van der Waals surface area contributed by atoms with E-state index in [0.717, 1.165) is 18.4 Å². The van der Waals surface area contributed by atoms with E-state index >= 15 is 0 Å². The molecule has 0 aromatic heterocycles. The molecule has 0 spiro atoms. The number of hydrogen-bond donors (Lipinski definition) is 0. The number of amides is 2. The number of unbranched alkanes of at least 4 members (excludes halogenated alkanes) is 2. The zero-order valence-electron chi connectivity index (χ0n) is 8.55. The second kappa shape index (κ2) is 5.79. The van der Waals surface area contributed by atoms with Crippen molar-refractivity contribution in [3.05, 3.63) is 12.2 Å². The molecular weight excluding hydrogens is 214 g/mol. The zero-order valence-corrected chi connectivity index (χ0v) is 8.55. The van der Waals surface area contributed by atoms with E-state index < -0.39 is 17.8 Å². The summed E-state index contributed by atoms with van der Waals surface area (Å²) in [6.07, 6.45) is 4.36. The first-order chi connectivity index (χ1) is 7.65. The highest BCUT2D eigenvalue weighted by Gasteiger charge is 2.27. The van der Waals surface area contributed by atoms with Gasteiger partial charge < -0.3 is 9.63 Å². The van der Waals surface area contributed by atoms with Crippen LogP contribution in [0, 0.1) is 0 Å². The molecule has 0 saturated carbocycles. The maximum absolute atomic E-state index is 11.2. The lowest BCUT2D eigenvalue weighted by Crippen LogP contribution is -2.32. The van der Waals surface area contributed by atoms with Crippen molar-refractivity contribution in [1.29, 1.82) is 0 Å². The van der Waals surface area contributed by atoms with Crippen molar-refractivity contribution in [1.82, 2.24) is 5.06 Å². The maximum Gasteiger partial charge on any atom is 0.333 e. The Morgan fingerprint density at radius 2 is 1.88 bits per heavy atom. The SMILES string of the molecule is O=CCCCCC(=O)ON1C(=O)C=CC1=O. The Balaban J connectivity index is 2.26. The van der Waals surface area contributed by atoms with Crippen LogP contribution in [0.2, 0.25) is 0 Å². The minimum absolute atomic E-state index is 0.0743. The van der Waals surface area contributed by atoms with Gasteiger partial charge in [-0.05, 0) is 12.8 Å². The summed E-state index contributed by atoms with van der Waals surface area (Å²) in [6.45, 7) is 0. The van der Waals surface area contributed by atoms with Crippen molar-refractivity contribution in [2.24, 2.45) is 0 Å². The zero-order chi connectivity index (χ0) is 12.0. The van der Waals surface area contributed by atoms with Crippen molar-refractivity contribution in [3.63, 3.8) is 0 Å². The largest absolute Gasteiger partial charge is 0.333 e. The summed E-state index contributed by atoms with van der Waals surface area (Å²) in [6, 6.07) is 0. The van der Waals surface area contributed by atoms with Gasteiger partial charge in [-0.1, -0.05) is 5.06 Å². The fourth-order valence-electron chi connectivity index (χ4n) is 1.12. The minimum atomic E-state index is -0.661. The Hall–Kier alpha value is -1.98. The lowest BCUT2D eigenvalue weighted by Gasteiger charge is -2.11. The molecule has 16 heavy (non-hydrogen) atoms. The third-order valence-electron chi connectivity index (χ3n) is 1.91. The van der Waals surface area contributed by atoms with Crippen molar-refractivity contribution >= 4 is 24.1 Å². The average molecular weight is 225 g/mol. The van der Waals surface area contributed by atoms with Crippen LogP contribution in [0.25, 0.3) is 0 Å². The molecule has 0 fully saturated rings. The quantitative estimate of drug-likeness (QED) is 0.364. The van der Waals surface area contributed by atoms with Crippen LogP contribution in [0.5, 0.6) is 0 Å². The topological polar surface area (TPSA) is 80.8 Å². The van der Waals surface area contributed by atoms with E-state index in [2.05, 4.69) is 4.84 Å². The molecule has 0 N–H and O–H groups in total. The molecule has 1 aliphatic heterocycles. The molecule has 6 heteroatoms. The van der Waals surface area contributed by atoms with Gasteiger partial charge in [-0.3, -0.25) is 9.59 Å². The van der Waals surface area contributed by atoms with Crippen LogP contribution >= 0.6 is 0 Å². The minimum Gasteiger partial charge on any atom is -0.330 e. The average Bonchev–Trinajstić information content (AvgIpc) is 2.56. The lowest BCUT2D eigenvalue weighted by atomic mass is 10.2. The number of nitrogens with zero attached hydrogens (tertiary/aromatic N) is 1. The summed E-state index contributed by atoms with van der Waals surface area (Å²) in [4.78, 5) is 47.7. The molecule has 0 aliphatic carbocycles. The van der Waals surface area contributed by atoms with Gasteiger partial charge in [0.15, 0.2) is 0 Å². The third kappa shape index (κ3) is 3.30. The molecule has 6 nitrogen and oxygen atoms in total. The fourth-order valence-corrected chi connectivity index (χ4v) is 1.12. The summed E-state index contributed by atoms with van der Waals surface area (Å²) < 4.78 is 0. The van der Waals surface area contributed by atoms with Crippen molar-refractivity contribution < 1.29 is 24.0 Å². The van der Waals surface area contributed by atoms with Crippen molar-refractivity contribution in [3.8, 4) is 0 Å². The summed E-state index contributed by atoms with van der Waals surface area (Å²) in [5.41, 5.74) is 0. The smallest absolute Gasteiger partial charge is 0.330 e. The molecule has 1 aliphatic rings. The summed E-state index contributed by atoms with van der Waals surface area (Å²) in [7, 11) is 0. The van der Waals surface area contributed by atoms with Crippen LogP contribution in [0.3, 0.4) is 0 Å². The number of carbonyl (C=O) groups excluding carboxylic acids is 4. The predicted molar refractivity (Wildman–Crippen MR) is 51.6 cm³/mol. The highest BCUT2D eigenvalue weighted by atomic mass is 16.7. The summed E-state index contributed by atoms with van der Waals surface area (Å²) >= 11 is 0. The van der Waals surface area contributed by atoms with Gasteiger partial charge in [0.2, 0.25) is 0 Å². The molecule has 0 atom stereocenters. The first kappa shape index (κ1) is 12.1. The third-order valence-corrected chi connectivity index (χ3v) is 1.91. The number of imide groups is 1. The molecular formula is C10H11NO5. The van der Waals surface area contributed by atoms with Crippen molar-refractivity contribution in [2.45, 2.75) is 25.7 Å². The molecule has 0 radical (unpaired) electrons. The van der Waals surface area contributed by atoms with E-state index in [1.165, 1.54) is 0 Å². The number of rotatable bonds is 6. The Morgan fingerprint density at radius 1 is 1.25 bits per heavy atom. The van der Waals surface area contributed by atoms with Gasteiger partial charge in [0.25, 0.3) is 11.8 Å². The van der Waals surface area contributed by atoms with Crippen LogP contribution in [-0.4, -0.2) is 29.1 Å². The van der Waals surface area contributed by atoms with Crippen LogP contribution in [0.4, 0.5) is 0 Å². The molecule has 0 bridgehead atoms. The Bertz CT molecular complexity index is 329. The number of carbonyl (C=O) groups is 4. The van der Waals surface area contributed by atoms with Crippen molar-refractivity contribution in [2.75, 3.05) is 0 Å². The highest BCUT2D eigenvalue weighted by Crippen LogP contribution is 2.07. The second-order valence-electron chi connectivity index (χ2n) is 3.18. The van der Waals surface area contributed by atoms with Crippen LogP contribution < -0.4 is 0 Å². The van der Waals surface area contributed by atoms with E-state index in [1.54, 1.807) is 0 Å². The van der Waals surface area contributed by atoms with E-state index in [0.29, 0.717) is 24.3 Å².